The number of hydrogen-bond donors (Lipinski definition) is 1. The highest BCUT2D eigenvalue weighted by Gasteiger charge is 2.48. The van der Waals surface area contributed by atoms with Gasteiger partial charge in [-0.3, -0.25) is 14.5 Å². The zero-order valence-corrected chi connectivity index (χ0v) is 27.9. The van der Waals surface area contributed by atoms with Gasteiger partial charge in [-0.15, -0.1) is 10.2 Å². The van der Waals surface area contributed by atoms with Crippen LogP contribution in [-0.2, 0) is 15.3 Å². The lowest BCUT2D eigenvalue weighted by Gasteiger charge is -2.23. The molecule has 4 aromatic rings. The summed E-state index contributed by atoms with van der Waals surface area (Å²) < 4.78 is 12.3. The van der Waals surface area contributed by atoms with Gasteiger partial charge in [0.1, 0.15) is 5.76 Å². The number of aryl methyl sites for hydroxylation is 2. The Morgan fingerprint density at radius 1 is 1.02 bits per heavy atom. The molecule has 11 heteroatoms. The predicted molar refractivity (Wildman–Crippen MR) is 180 cm³/mol. The second kappa shape index (κ2) is 14.5. The SMILES string of the molecule is CCCCCOc1ccc(C2/C(=C(\O)c3cc(C)ccc3C)C(=O)C(=O)N2c2nnc(SCc3ccc(Cl)cc3)s2)cc1OC. The lowest BCUT2D eigenvalue weighted by atomic mass is 9.93. The number of unbranched alkanes of at least 4 members (excludes halogenated alkanes) is 2. The molecule has 8 nitrogen and oxygen atoms in total. The average molecular weight is 664 g/mol. The van der Waals surface area contributed by atoms with Crippen LogP contribution in [-0.4, -0.2) is 40.7 Å². The van der Waals surface area contributed by atoms with Gasteiger partial charge in [0.15, 0.2) is 15.8 Å². The van der Waals surface area contributed by atoms with Crippen molar-refractivity contribution in [1.82, 2.24) is 10.2 Å². The van der Waals surface area contributed by atoms with E-state index in [1.165, 1.54) is 28.0 Å². The smallest absolute Gasteiger partial charge is 0.301 e. The van der Waals surface area contributed by atoms with Crippen LogP contribution in [0.1, 0.15) is 60.0 Å². The normalized spacial score (nSPS) is 15.9. The minimum atomic E-state index is -0.977. The molecule has 1 N–H and O–H groups in total. The van der Waals surface area contributed by atoms with E-state index in [2.05, 4.69) is 17.1 Å². The Bertz CT molecular complexity index is 1740. The molecular weight excluding hydrogens is 630 g/mol. The van der Waals surface area contributed by atoms with Crippen LogP contribution in [0.5, 0.6) is 11.5 Å². The van der Waals surface area contributed by atoms with Gasteiger partial charge >= 0.3 is 5.91 Å². The Morgan fingerprint density at radius 2 is 1.80 bits per heavy atom. The first-order chi connectivity index (χ1) is 21.7. The second-order valence-electron chi connectivity index (χ2n) is 10.7. The number of thioether (sulfide) groups is 1. The molecule has 1 unspecified atom stereocenters. The van der Waals surface area contributed by atoms with Crippen molar-refractivity contribution in [2.24, 2.45) is 0 Å². The van der Waals surface area contributed by atoms with Gasteiger partial charge in [0.2, 0.25) is 5.13 Å². The second-order valence-corrected chi connectivity index (χ2v) is 13.3. The van der Waals surface area contributed by atoms with E-state index in [1.807, 2.05) is 50.2 Å². The number of ketones is 1. The molecule has 0 spiro atoms. The molecule has 234 valence electrons. The van der Waals surface area contributed by atoms with Crippen molar-refractivity contribution in [1.29, 1.82) is 0 Å². The first kappa shape index (κ1) is 32.5. The number of ether oxygens (including phenoxy) is 2. The number of carbonyl (C=O) groups is 2. The zero-order chi connectivity index (χ0) is 32.1. The summed E-state index contributed by atoms with van der Waals surface area (Å²) in [5, 5.41) is 21.2. The fraction of sp³-hybridized carbons (Fsp3) is 0.294. The zero-order valence-electron chi connectivity index (χ0n) is 25.5. The fourth-order valence-electron chi connectivity index (χ4n) is 5.07. The van der Waals surface area contributed by atoms with Gasteiger partial charge in [-0.2, -0.15) is 0 Å². The number of carbonyl (C=O) groups excluding carboxylic acids is 2. The summed E-state index contributed by atoms with van der Waals surface area (Å²) in [6.45, 7) is 6.42. The Kier molecular flexibility index (Phi) is 10.5. The number of benzene rings is 3. The van der Waals surface area contributed by atoms with Gasteiger partial charge in [-0.05, 0) is 67.3 Å². The molecule has 1 amide bonds. The number of rotatable bonds is 12. The largest absolute Gasteiger partial charge is 0.507 e. The lowest BCUT2D eigenvalue weighted by molar-refractivity contribution is -0.132. The summed E-state index contributed by atoms with van der Waals surface area (Å²) >= 11 is 8.69. The molecule has 45 heavy (non-hydrogen) atoms. The quantitative estimate of drug-likeness (QED) is 0.0403. The summed E-state index contributed by atoms with van der Waals surface area (Å²) in [4.78, 5) is 28.8. The number of methoxy groups -OCH3 is 1. The van der Waals surface area contributed by atoms with Crippen molar-refractivity contribution in [3.05, 3.63) is 99.1 Å². The number of nitrogens with zero attached hydrogens (tertiary/aromatic N) is 3. The van der Waals surface area contributed by atoms with Crippen molar-refractivity contribution < 1.29 is 24.2 Å². The summed E-state index contributed by atoms with van der Waals surface area (Å²) in [5.74, 6) is -0.211. The molecule has 5 rings (SSSR count). The Labute approximate surface area is 276 Å². The van der Waals surface area contributed by atoms with Gasteiger partial charge in [0.25, 0.3) is 5.78 Å². The minimum Gasteiger partial charge on any atom is -0.507 e. The highest BCUT2D eigenvalue weighted by molar-refractivity contribution is 8.00. The van der Waals surface area contributed by atoms with Crippen molar-refractivity contribution >= 4 is 57.3 Å². The molecule has 1 aliphatic heterocycles. The molecule has 0 aliphatic carbocycles. The number of aliphatic hydroxyl groups excluding tert-OH is 1. The van der Waals surface area contributed by atoms with Crippen LogP contribution < -0.4 is 14.4 Å². The summed E-state index contributed by atoms with van der Waals surface area (Å²) in [7, 11) is 1.54. The van der Waals surface area contributed by atoms with E-state index in [0.717, 1.165) is 36.0 Å². The third-order valence-electron chi connectivity index (χ3n) is 7.48. The Hall–Kier alpha value is -3.86. The molecule has 1 atom stereocenters. The molecule has 0 saturated carbocycles. The van der Waals surface area contributed by atoms with Gasteiger partial charge in [-0.1, -0.05) is 90.4 Å². The summed E-state index contributed by atoms with van der Waals surface area (Å²) in [6.07, 6.45) is 3.03. The number of hydrogen-bond acceptors (Lipinski definition) is 9. The van der Waals surface area contributed by atoms with Gasteiger partial charge in [0.05, 0.1) is 25.3 Å². The van der Waals surface area contributed by atoms with E-state index in [-0.39, 0.29) is 16.5 Å². The molecule has 0 bridgehead atoms. The van der Waals surface area contributed by atoms with Crippen LogP contribution in [0, 0.1) is 13.8 Å². The molecule has 3 aromatic carbocycles. The number of amides is 1. The van der Waals surface area contributed by atoms with E-state index >= 15 is 0 Å². The first-order valence-corrected chi connectivity index (χ1v) is 16.8. The van der Waals surface area contributed by atoms with E-state index in [9.17, 15) is 14.7 Å². The van der Waals surface area contributed by atoms with Crippen LogP contribution in [0.15, 0.2) is 70.6 Å². The van der Waals surface area contributed by atoms with Gasteiger partial charge in [-0.25, -0.2) is 0 Å². The van der Waals surface area contributed by atoms with Crippen LogP contribution in [0.3, 0.4) is 0 Å². The highest BCUT2D eigenvalue weighted by Crippen LogP contribution is 2.46. The maximum absolute atomic E-state index is 13.7. The van der Waals surface area contributed by atoms with E-state index in [1.54, 1.807) is 31.4 Å². The van der Waals surface area contributed by atoms with Crippen LogP contribution in [0.4, 0.5) is 5.13 Å². The third-order valence-corrected chi connectivity index (χ3v) is 9.86. The molecule has 1 aliphatic rings. The average Bonchev–Trinajstić information content (AvgIpc) is 3.61. The monoisotopic (exact) mass is 663 g/mol. The fourth-order valence-corrected chi connectivity index (χ4v) is 7.02. The highest BCUT2D eigenvalue weighted by atomic mass is 35.5. The molecular formula is C34H34ClN3O5S2. The number of halogens is 1. The molecule has 1 saturated heterocycles. The molecule has 1 aromatic heterocycles. The minimum absolute atomic E-state index is 0.0297. The standard InChI is InChI=1S/C34H34ClN3O5S2/c1-5-6-7-16-43-26-15-12-23(18-27(26)42-4)29-28(30(39)25-17-20(2)8-9-21(25)3)31(40)32(41)38(29)33-36-37-34(45-33)44-19-22-10-13-24(35)14-11-22/h8-15,17-18,29,39H,5-7,16,19H2,1-4H3/b30-28+. The molecule has 1 fully saturated rings. The van der Waals surface area contributed by atoms with E-state index in [4.69, 9.17) is 21.1 Å². The lowest BCUT2D eigenvalue weighted by Crippen LogP contribution is -2.29. The van der Waals surface area contributed by atoms with Crippen molar-refractivity contribution in [3.63, 3.8) is 0 Å². The Morgan fingerprint density at radius 3 is 2.53 bits per heavy atom. The third kappa shape index (κ3) is 7.19. The van der Waals surface area contributed by atoms with Crippen molar-refractivity contribution in [2.75, 3.05) is 18.6 Å². The van der Waals surface area contributed by atoms with Crippen LogP contribution >= 0.6 is 34.7 Å². The van der Waals surface area contributed by atoms with Gasteiger partial charge < -0.3 is 14.6 Å². The number of Topliss-reactive ketones (excluding diaryl/α,β-unsaturated/α-hetero) is 1. The van der Waals surface area contributed by atoms with E-state index < -0.39 is 17.7 Å². The maximum atomic E-state index is 13.7. The van der Waals surface area contributed by atoms with Crippen molar-refractivity contribution in [3.8, 4) is 11.5 Å². The summed E-state index contributed by atoms with van der Waals surface area (Å²) in [5.41, 5.74) is 3.75. The number of aliphatic hydroxyl groups is 1. The summed E-state index contributed by atoms with van der Waals surface area (Å²) in [6, 6.07) is 17.5. The Balaban J connectivity index is 1.56. The molecule has 0 radical (unpaired) electrons. The van der Waals surface area contributed by atoms with Gasteiger partial charge in [0, 0.05) is 16.3 Å². The first-order valence-electron chi connectivity index (χ1n) is 14.6. The van der Waals surface area contributed by atoms with Crippen LogP contribution in [0.2, 0.25) is 5.02 Å². The van der Waals surface area contributed by atoms with E-state index in [0.29, 0.717) is 44.3 Å². The topological polar surface area (TPSA) is 102 Å². The van der Waals surface area contributed by atoms with Crippen LogP contribution in [0.25, 0.3) is 5.76 Å². The predicted octanol–water partition coefficient (Wildman–Crippen LogP) is 8.30. The molecule has 2 heterocycles. The number of anilines is 1. The van der Waals surface area contributed by atoms with Crippen molar-refractivity contribution in [2.45, 2.75) is 56.2 Å². The number of aromatic nitrogens is 2. The maximum Gasteiger partial charge on any atom is 0.301 e.